The second-order valence-electron chi connectivity index (χ2n) is 3.34. The van der Waals surface area contributed by atoms with Crippen LogP contribution in [0.5, 0.6) is 0 Å². The standard InChI is InChI=1S/C12H15ClOS/c1-2-3-7-15-9-12(14)10-5-4-6-11(13)8-10/h4-6,8H,2-3,7,9H2,1H3. The third-order valence-corrected chi connectivity index (χ3v) is 3.30. The van der Waals surface area contributed by atoms with Crippen molar-refractivity contribution in [3.05, 3.63) is 34.9 Å². The third kappa shape index (κ3) is 4.72. The van der Waals surface area contributed by atoms with Crippen LogP contribution in [0.25, 0.3) is 0 Å². The quantitative estimate of drug-likeness (QED) is 0.553. The Morgan fingerprint density at radius 2 is 2.27 bits per heavy atom. The Morgan fingerprint density at radius 3 is 2.93 bits per heavy atom. The predicted molar refractivity (Wildman–Crippen MR) is 68.0 cm³/mol. The van der Waals surface area contributed by atoms with E-state index in [-0.39, 0.29) is 5.78 Å². The molecule has 0 saturated heterocycles. The molecule has 0 N–H and O–H groups in total. The van der Waals surface area contributed by atoms with Crippen molar-refractivity contribution in [2.24, 2.45) is 0 Å². The molecule has 0 unspecified atom stereocenters. The van der Waals surface area contributed by atoms with Crippen molar-refractivity contribution in [3.8, 4) is 0 Å². The van der Waals surface area contributed by atoms with E-state index in [1.165, 1.54) is 12.8 Å². The maximum atomic E-state index is 11.7. The molecule has 0 aliphatic carbocycles. The van der Waals surface area contributed by atoms with Crippen molar-refractivity contribution in [1.82, 2.24) is 0 Å². The van der Waals surface area contributed by atoms with Gasteiger partial charge in [-0.05, 0) is 24.3 Å². The van der Waals surface area contributed by atoms with Gasteiger partial charge in [-0.2, -0.15) is 11.8 Å². The first-order chi connectivity index (χ1) is 7.24. The van der Waals surface area contributed by atoms with E-state index >= 15 is 0 Å². The molecular weight excluding hydrogens is 228 g/mol. The summed E-state index contributed by atoms with van der Waals surface area (Å²) in [5.74, 6) is 1.78. The Hall–Kier alpha value is -0.470. The van der Waals surface area contributed by atoms with Crippen LogP contribution < -0.4 is 0 Å². The molecule has 0 fully saturated rings. The van der Waals surface area contributed by atoms with Crippen LogP contribution in [0.2, 0.25) is 5.02 Å². The molecule has 0 aromatic heterocycles. The second kappa shape index (κ2) is 6.91. The van der Waals surface area contributed by atoms with Gasteiger partial charge in [-0.15, -0.1) is 0 Å². The SMILES string of the molecule is CCCCSCC(=O)c1cccc(Cl)c1. The minimum absolute atomic E-state index is 0.165. The lowest BCUT2D eigenvalue weighted by Crippen LogP contribution is -2.02. The number of Topliss-reactive ketones (excluding diaryl/α,β-unsaturated/α-hetero) is 1. The molecule has 0 heterocycles. The minimum Gasteiger partial charge on any atom is -0.293 e. The van der Waals surface area contributed by atoms with Crippen molar-refractivity contribution >= 4 is 29.1 Å². The second-order valence-corrected chi connectivity index (χ2v) is 4.88. The van der Waals surface area contributed by atoms with E-state index < -0.39 is 0 Å². The number of carbonyl (C=O) groups is 1. The van der Waals surface area contributed by atoms with Crippen molar-refractivity contribution in [1.29, 1.82) is 0 Å². The maximum absolute atomic E-state index is 11.7. The van der Waals surface area contributed by atoms with E-state index in [9.17, 15) is 4.79 Å². The van der Waals surface area contributed by atoms with Crippen LogP contribution >= 0.6 is 23.4 Å². The highest BCUT2D eigenvalue weighted by Crippen LogP contribution is 2.14. The molecule has 0 radical (unpaired) electrons. The highest BCUT2D eigenvalue weighted by molar-refractivity contribution is 7.99. The van der Waals surface area contributed by atoms with Gasteiger partial charge in [0.05, 0.1) is 5.75 Å². The number of ketones is 1. The number of thioether (sulfide) groups is 1. The lowest BCUT2D eigenvalue weighted by atomic mass is 10.1. The Kier molecular flexibility index (Phi) is 5.81. The van der Waals surface area contributed by atoms with E-state index in [1.54, 1.807) is 23.9 Å². The molecule has 0 saturated carbocycles. The van der Waals surface area contributed by atoms with Gasteiger partial charge in [0.1, 0.15) is 0 Å². The fraction of sp³-hybridized carbons (Fsp3) is 0.417. The molecule has 1 aromatic rings. The average molecular weight is 243 g/mol. The van der Waals surface area contributed by atoms with Gasteiger partial charge in [0.15, 0.2) is 5.78 Å². The van der Waals surface area contributed by atoms with Gasteiger partial charge in [-0.3, -0.25) is 4.79 Å². The average Bonchev–Trinajstić information content (AvgIpc) is 2.24. The summed E-state index contributed by atoms with van der Waals surface area (Å²) in [7, 11) is 0. The van der Waals surface area contributed by atoms with Crippen LogP contribution in [-0.4, -0.2) is 17.3 Å². The van der Waals surface area contributed by atoms with E-state index in [4.69, 9.17) is 11.6 Å². The molecule has 0 spiro atoms. The molecule has 0 amide bonds. The van der Waals surface area contributed by atoms with Crippen LogP contribution in [0.4, 0.5) is 0 Å². The molecule has 0 aliphatic rings. The van der Waals surface area contributed by atoms with Crippen LogP contribution in [0, 0.1) is 0 Å². The highest BCUT2D eigenvalue weighted by Gasteiger charge is 2.05. The summed E-state index contributed by atoms with van der Waals surface area (Å²) in [5.41, 5.74) is 0.714. The third-order valence-electron chi connectivity index (χ3n) is 2.02. The topological polar surface area (TPSA) is 17.1 Å². The fourth-order valence-electron chi connectivity index (χ4n) is 1.16. The molecule has 1 aromatic carbocycles. The number of halogens is 1. The van der Waals surface area contributed by atoms with Crippen LogP contribution in [0.1, 0.15) is 30.1 Å². The van der Waals surface area contributed by atoms with Gasteiger partial charge in [0.2, 0.25) is 0 Å². The molecular formula is C12H15ClOS. The zero-order valence-corrected chi connectivity index (χ0v) is 10.4. The summed E-state index contributed by atoms with van der Waals surface area (Å²) in [6.07, 6.45) is 2.35. The highest BCUT2D eigenvalue weighted by atomic mass is 35.5. The van der Waals surface area contributed by atoms with Crippen molar-refractivity contribution in [2.75, 3.05) is 11.5 Å². The summed E-state index contributed by atoms with van der Waals surface area (Å²) in [6, 6.07) is 7.13. The number of unbranched alkanes of at least 4 members (excludes halogenated alkanes) is 1. The summed E-state index contributed by atoms with van der Waals surface area (Å²) in [4.78, 5) is 11.7. The molecule has 1 rings (SSSR count). The Bertz CT molecular complexity index is 325. The van der Waals surface area contributed by atoms with Crippen LogP contribution in [0.3, 0.4) is 0 Å². The van der Waals surface area contributed by atoms with E-state index in [0.29, 0.717) is 16.3 Å². The molecule has 82 valence electrons. The Balaban J connectivity index is 2.40. The largest absolute Gasteiger partial charge is 0.293 e. The van der Waals surface area contributed by atoms with Crippen LogP contribution in [-0.2, 0) is 0 Å². The van der Waals surface area contributed by atoms with Gasteiger partial charge in [0, 0.05) is 10.6 Å². The van der Waals surface area contributed by atoms with Gasteiger partial charge in [-0.25, -0.2) is 0 Å². The maximum Gasteiger partial charge on any atom is 0.172 e. The summed E-state index contributed by atoms with van der Waals surface area (Å²) >= 11 is 7.51. The van der Waals surface area contributed by atoms with Gasteiger partial charge >= 0.3 is 0 Å². The first kappa shape index (κ1) is 12.6. The van der Waals surface area contributed by atoms with Crippen molar-refractivity contribution < 1.29 is 4.79 Å². The summed E-state index contributed by atoms with van der Waals surface area (Å²) in [6.45, 7) is 2.15. The van der Waals surface area contributed by atoms with Gasteiger partial charge < -0.3 is 0 Å². The molecule has 3 heteroatoms. The smallest absolute Gasteiger partial charge is 0.172 e. The van der Waals surface area contributed by atoms with Gasteiger partial charge in [0.25, 0.3) is 0 Å². The molecule has 0 atom stereocenters. The zero-order chi connectivity index (χ0) is 11.1. The Labute approximate surface area is 100 Å². The minimum atomic E-state index is 0.165. The molecule has 1 nitrogen and oxygen atoms in total. The summed E-state index contributed by atoms with van der Waals surface area (Å²) < 4.78 is 0. The van der Waals surface area contributed by atoms with E-state index in [0.717, 1.165) is 5.75 Å². The molecule has 0 aliphatic heterocycles. The normalized spacial score (nSPS) is 10.3. The van der Waals surface area contributed by atoms with Crippen LogP contribution in [0.15, 0.2) is 24.3 Å². The van der Waals surface area contributed by atoms with Gasteiger partial charge in [-0.1, -0.05) is 37.1 Å². The molecule has 15 heavy (non-hydrogen) atoms. The zero-order valence-electron chi connectivity index (χ0n) is 8.83. The number of hydrogen-bond donors (Lipinski definition) is 0. The first-order valence-corrected chi connectivity index (χ1v) is 6.64. The number of carbonyl (C=O) groups excluding carboxylic acids is 1. The van der Waals surface area contributed by atoms with Crippen molar-refractivity contribution in [2.45, 2.75) is 19.8 Å². The predicted octanol–water partition coefficient (Wildman–Crippen LogP) is 4.06. The number of hydrogen-bond acceptors (Lipinski definition) is 2. The van der Waals surface area contributed by atoms with E-state index in [2.05, 4.69) is 6.92 Å². The lowest BCUT2D eigenvalue weighted by Gasteiger charge is -2.01. The first-order valence-electron chi connectivity index (χ1n) is 5.10. The monoisotopic (exact) mass is 242 g/mol. The summed E-state index contributed by atoms with van der Waals surface area (Å²) in [5, 5.41) is 0.624. The number of rotatable bonds is 6. The molecule has 0 bridgehead atoms. The fourth-order valence-corrected chi connectivity index (χ4v) is 2.34. The number of benzene rings is 1. The van der Waals surface area contributed by atoms with Crippen molar-refractivity contribution in [3.63, 3.8) is 0 Å². The van der Waals surface area contributed by atoms with E-state index in [1.807, 2.05) is 12.1 Å². The lowest BCUT2D eigenvalue weighted by molar-refractivity contribution is 0.102. The Morgan fingerprint density at radius 1 is 1.47 bits per heavy atom.